The minimum Gasteiger partial charge on any atom is -0.309 e. The van der Waals surface area contributed by atoms with Gasteiger partial charge in [0, 0.05) is 16.5 Å². The van der Waals surface area contributed by atoms with Gasteiger partial charge in [0.25, 0.3) is 0 Å². The molecule has 1 aliphatic carbocycles. The van der Waals surface area contributed by atoms with Crippen LogP contribution in [0.1, 0.15) is 34.7 Å². The van der Waals surface area contributed by atoms with Gasteiger partial charge >= 0.3 is 0 Å². The SMILES string of the molecule is CC=C1c2ccccc2-c2ccc(N(c3ccc(C)c4ccccc34)c3ccc(C)c4ccccc34)c(C)c21. The molecule has 6 aromatic carbocycles. The zero-order valence-corrected chi connectivity index (χ0v) is 22.9. The van der Waals surface area contributed by atoms with Crippen LogP contribution < -0.4 is 4.90 Å². The smallest absolute Gasteiger partial charge is 0.0540 e. The van der Waals surface area contributed by atoms with Gasteiger partial charge in [0.2, 0.25) is 0 Å². The van der Waals surface area contributed by atoms with Crippen molar-refractivity contribution in [1.29, 1.82) is 0 Å². The fourth-order valence-electron chi connectivity index (χ4n) is 6.55. The molecule has 0 saturated heterocycles. The van der Waals surface area contributed by atoms with Crippen LogP contribution in [0.15, 0.2) is 115 Å². The second kappa shape index (κ2) is 8.99. The number of fused-ring (bicyclic) bond motifs is 5. The van der Waals surface area contributed by atoms with Crippen LogP contribution in [0.3, 0.4) is 0 Å². The van der Waals surface area contributed by atoms with Gasteiger partial charge in [-0.2, -0.15) is 0 Å². The van der Waals surface area contributed by atoms with Crippen molar-refractivity contribution >= 4 is 44.2 Å². The number of anilines is 3. The summed E-state index contributed by atoms with van der Waals surface area (Å²) in [4.78, 5) is 2.50. The van der Waals surface area contributed by atoms with Crippen molar-refractivity contribution in [2.75, 3.05) is 4.90 Å². The Morgan fingerprint density at radius 3 is 1.51 bits per heavy atom. The van der Waals surface area contributed by atoms with Gasteiger partial charge in [-0.25, -0.2) is 0 Å². The highest BCUT2D eigenvalue weighted by Crippen LogP contribution is 2.51. The Morgan fingerprint density at radius 2 is 0.949 bits per heavy atom. The molecule has 1 aliphatic rings. The van der Waals surface area contributed by atoms with Crippen LogP contribution >= 0.6 is 0 Å². The van der Waals surface area contributed by atoms with E-state index in [0.29, 0.717) is 0 Å². The first kappa shape index (κ1) is 23.5. The van der Waals surface area contributed by atoms with E-state index >= 15 is 0 Å². The number of benzene rings is 6. The Kier molecular flexibility index (Phi) is 5.42. The number of aryl methyl sites for hydroxylation is 2. The van der Waals surface area contributed by atoms with Gasteiger partial charge in [-0.05, 0) is 101 Å². The van der Waals surface area contributed by atoms with Crippen LogP contribution in [0.25, 0.3) is 38.2 Å². The molecule has 0 fully saturated rings. The molecule has 7 rings (SSSR count). The highest BCUT2D eigenvalue weighted by atomic mass is 15.1. The summed E-state index contributed by atoms with van der Waals surface area (Å²) in [5.74, 6) is 0. The van der Waals surface area contributed by atoms with Crippen LogP contribution in [0, 0.1) is 20.8 Å². The Balaban J connectivity index is 1.58. The molecule has 0 unspecified atom stereocenters. The average molecular weight is 502 g/mol. The number of allylic oxidation sites excluding steroid dienone is 1. The second-order valence-corrected chi connectivity index (χ2v) is 10.6. The summed E-state index contributed by atoms with van der Waals surface area (Å²) in [5.41, 5.74) is 14.1. The average Bonchev–Trinajstić information content (AvgIpc) is 3.31. The molecule has 0 spiro atoms. The summed E-state index contributed by atoms with van der Waals surface area (Å²) in [6.07, 6.45) is 2.27. The van der Waals surface area contributed by atoms with Crippen molar-refractivity contribution < 1.29 is 0 Å². The summed E-state index contributed by atoms with van der Waals surface area (Å²) in [5, 5.41) is 5.10. The topological polar surface area (TPSA) is 3.24 Å². The number of hydrogen-bond acceptors (Lipinski definition) is 1. The van der Waals surface area contributed by atoms with E-state index in [-0.39, 0.29) is 0 Å². The second-order valence-electron chi connectivity index (χ2n) is 10.6. The van der Waals surface area contributed by atoms with E-state index < -0.39 is 0 Å². The van der Waals surface area contributed by atoms with Crippen LogP contribution in [-0.2, 0) is 0 Å². The predicted molar refractivity (Wildman–Crippen MR) is 169 cm³/mol. The molecule has 0 N–H and O–H groups in total. The lowest BCUT2D eigenvalue weighted by molar-refractivity contribution is 1.26. The van der Waals surface area contributed by atoms with Crippen LogP contribution in [-0.4, -0.2) is 0 Å². The first-order chi connectivity index (χ1) is 19.1. The lowest BCUT2D eigenvalue weighted by Crippen LogP contribution is -2.13. The molecule has 0 radical (unpaired) electrons. The molecule has 188 valence electrons. The number of nitrogens with zero attached hydrogens (tertiary/aromatic N) is 1. The lowest BCUT2D eigenvalue weighted by atomic mass is 9.94. The van der Waals surface area contributed by atoms with E-state index in [4.69, 9.17) is 0 Å². The van der Waals surface area contributed by atoms with Crippen LogP contribution in [0.5, 0.6) is 0 Å². The summed E-state index contributed by atoms with van der Waals surface area (Å²) in [7, 11) is 0. The lowest BCUT2D eigenvalue weighted by Gasteiger charge is -2.31. The predicted octanol–water partition coefficient (Wildman–Crippen LogP) is 10.8. The molecule has 0 aliphatic heterocycles. The summed E-state index contributed by atoms with van der Waals surface area (Å²) in [6, 6.07) is 40.2. The Morgan fingerprint density at radius 1 is 0.462 bits per heavy atom. The van der Waals surface area contributed by atoms with Crippen LogP contribution in [0.4, 0.5) is 17.1 Å². The molecule has 0 bridgehead atoms. The zero-order valence-electron chi connectivity index (χ0n) is 22.9. The molecule has 6 aromatic rings. The van der Waals surface area contributed by atoms with Gasteiger partial charge in [-0.3, -0.25) is 0 Å². The van der Waals surface area contributed by atoms with Crippen molar-refractivity contribution in [3.05, 3.63) is 143 Å². The van der Waals surface area contributed by atoms with E-state index in [1.54, 1.807) is 0 Å². The van der Waals surface area contributed by atoms with E-state index in [1.807, 2.05) is 0 Å². The summed E-state index contributed by atoms with van der Waals surface area (Å²) in [6.45, 7) is 8.86. The van der Waals surface area contributed by atoms with Crippen molar-refractivity contribution in [3.8, 4) is 11.1 Å². The van der Waals surface area contributed by atoms with Gasteiger partial charge in [0.05, 0.1) is 11.4 Å². The Hall–Kier alpha value is -4.62. The minimum atomic E-state index is 1.20. The third-order valence-corrected chi connectivity index (χ3v) is 8.46. The van der Waals surface area contributed by atoms with E-state index in [9.17, 15) is 0 Å². The molecular formula is C38H31N. The van der Waals surface area contributed by atoms with E-state index in [2.05, 4.69) is 148 Å². The maximum atomic E-state index is 2.50. The van der Waals surface area contributed by atoms with E-state index in [1.165, 1.54) is 83.1 Å². The highest BCUT2D eigenvalue weighted by Gasteiger charge is 2.28. The molecule has 1 heteroatoms. The molecule has 0 saturated carbocycles. The molecule has 1 nitrogen and oxygen atoms in total. The van der Waals surface area contributed by atoms with Crippen molar-refractivity contribution in [2.45, 2.75) is 27.7 Å². The summed E-state index contributed by atoms with van der Waals surface area (Å²) >= 11 is 0. The zero-order chi connectivity index (χ0) is 26.7. The fraction of sp³-hybridized carbons (Fsp3) is 0.105. The number of hydrogen-bond donors (Lipinski definition) is 0. The quantitative estimate of drug-likeness (QED) is 0.233. The third kappa shape index (κ3) is 3.47. The van der Waals surface area contributed by atoms with Gasteiger partial charge in [-0.1, -0.05) is 97.1 Å². The molecule has 0 aromatic heterocycles. The molecule has 0 heterocycles. The monoisotopic (exact) mass is 501 g/mol. The van der Waals surface area contributed by atoms with E-state index in [0.717, 1.165) is 0 Å². The Bertz CT molecular complexity index is 1870. The minimum absolute atomic E-state index is 1.20. The van der Waals surface area contributed by atoms with Crippen LogP contribution in [0.2, 0.25) is 0 Å². The fourth-order valence-corrected chi connectivity index (χ4v) is 6.55. The third-order valence-electron chi connectivity index (χ3n) is 8.46. The van der Waals surface area contributed by atoms with Crippen molar-refractivity contribution in [1.82, 2.24) is 0 Å². The first-order valence-corrected chi connectivity index (χ1v) is 13.8. The maximum absolute atomic E-state index is 2.50. The molecule has 39 heavy (non-hydrogen) atoms. The van der Waals surface area contributed by atoms with Gasteiger partial charge < -0.3 is 4.90 Å². The number of rotatable bonds is 3. The Labute approximate surface area is 230 Å². The van der Waals surface area contributed by atoms with Crippen molar-refractivity contribution in [3.63, 3.8) is 0 Å². The molecule has 0 atom stereocenters. The van der Waals surface area contributed by atoms with Crippen molar-refractivity contribution in [2.24, 2.45) is 0 Å². The van der Waals surface area contributed by atoms with Gasteiger partial charge in [0.15, 0.2) is 0 Å². The molecular weight excluding hydrogens is 470 g/mol. The standard InChI is InChI=1S/C38H31N/c1-5-27-30-14-8-9-15-31(30)34-20-23-35(26(4)38(27)34)39(36-21-18-24(2)28-12-6-10-16-32(28)36)37-22-19-25(3)29-13-7-11-17-33(29)37/h5-23H,1-4H3. The summed E-state index contributed by atoms with van der Waals surface area (Å²) < 4.78 is 0. The van der Waals surface area contributed by atoms with Gasteiger partial charge in [0.1, 0.15) is 0 Å². The maximum Gasteiger partial charge on any atom is 0.0540 e. The van der Waals surface area contributed by atoms with Gasteiger partial charge in [-0.15, -0.1) is 0 Å². The highest BCUT2D eigenvalue weighted by molar-refractivity contribution is 6.08. The normalized spacial score (nSPS) is 13.2. The largest absolute Gasteiger partial charge is 0.309 e. The first-order valence-electron chi connectivity index (χ1n) is 13.8. The molecule has 0 amide bonds.